The van der Waals surface area contributed by atoms with Crippen molar-refractivity contribution in [2.24, 2.45) is 7.05 Å². The van der Waals surface area contributed by atoms with Crippen LogP contribution >= 0.6 is 23.4 Å². The zero-order chi connectivity index (χ0) is 20.6. The molecule has 0 unspecified atom stereocenters. The second-order valence-corrected chi connectivity index (χ2v) is 7.90. The van der Waals surface area contributed by atoms with Crippen molar-refractivity contribution < 1.29 is 9.47 Å². The molecule has 1 N–H and O–H groups in total. The fourth-order valence-corrected chi connectivity index (χ4v) is 3.76. The van der Waals surface area contributed by atoms with Gasteiger partial charge in [0.2, 0.25) is 5.16 Å². The number of tetrazole rings is 1. The van der Waals surface area contributed by atoms with Gasteiger partial charge in [0, 0.05) is 25.9 Å². The van der Waals surface area contributed by atoms with E-state index in [9.17, 15) is 0 Å². The molecule has 154 valence electrons. The highest BCUT2D eigenvalue weighted by Gasteiger charge is 2.13. The Morgan fingerprint density at radius 1 is 1.24 bits per heavy atom. The average Bonchev–Trinajstić information content (AvgIpc) is 3.12. The highest BCUT2D eigenvalue weighted by atomic mass is 35.5. The van der Waals surface area contributed by atoms with Crippen LogP contribution in [0.3, 0.4) is 0 Å². The van der Waals surface area contributed by atoms with Crippen LogP contribution in [0.15, 0.2) is 41.6 Å². The fourth-order valence-electron chi connectivity index (χ4n) is 2.73. The Morgan fingerprint density at radius 2 is 2.07 bits per heavy atom. The Hall–Kier alpha value is -2.29. The molecule has 1 aromatic heterocycles. The van der Waals surface area contributed by atoms with E-state index in [1.54, 1.807) is 23.6 Å². The Balaban J connectivity index is 1.55. The maximum atomic E-state index is 6.48. The summed E-state index contributed by atoms with van der Waals surface area (Å²) in [5, 5.41) is 16.1. The molecule has 0 radical (unpaired) electrons. The fraction of sp³-hybridized carbons (Fsp3) is 0.350. The van der Waals surface area contributed by atoms with Crippen molar-refractivity contribution >= 4 is 23.4 Å². The first kappa shape index (κ1) is 21.4. The Labute approximate surface area is 179 Å². The SMILES string of the molecule is COc1cc(CNCCSc2nnnn2C)cc(Cl)c1OCc1ccccc1C. The van der Waals surface area contributed by atoms with Crippen molar-refractivity contribution in [1.29, 1.82) is 0 Å². The first-order chi connectivity index (χ1) is 14.1. The molecule has 0 aliphatic heterocycles. The molecule has 2 aromatic carbocycles. The van der Waals surface area contributed by atoms with Crippen molar-refractivity contribution in [3.63, 3.8) is 0 Å². The van der Waals surface area contributed by atoms with Gasteiger partial charge in [-0.1, -0.05) is 47.6 Å². The van der Waals surface area contributed by atoms with Crippen molar-refractivity contribution in [3.05, 3.63) is 58.1 Å². The summed E-state index contributed by atoms with van der Waals surface area (Å²) >= 11 is 8.08. The first-order valence-corrected chi connectivity index (χ1v) is 10.5. The molecule has 0 saturated heterocycles. The van der Waals surface area contributed by atoms with Gasteiger partial charge in [-0.3, -0.25) is 0 Å². The minimum atomic E-state index is 0.439. The molecule has 3 aromatic rings. The smallest absolute Gasteiger partial charge is 0.209 e. The standard InChI is InChI=1S/C20H24ClN5O2S/c1-14-6-4-5-7-16(14)13-28-19-17(21)10-15(11-18(19)27-3)12-22-8-9-29-20-23-24-25-26(20)2/h4-7,10-11,22H,8-9,12-13H2,1-3H3. The van der Waals surface area contributed by atoms with Gasteiger partial charge in [-0.25, -0.2) is 4.68 Å². The lowest BCUT2D eigenvalue weighted by atomic mass is 10.1. The van der Waals surface area contributed by atoms with Crippen LogP contribution in [0.1, 0.15) is 16.7 Å². The van der Waals surface area contributed by atoms with E-state index in [1.807, 2.05) is 37.4 Å². The summed E-state index contributed by atoms with van der Waals surface area (Å²) < 4.78 is 13.1. The Bertz CT molecular complexity index is 950. The summed E-state index contributed by atoms with van der Waals surface area (Å²) in [6.07, 6.45) is 0. The summed E-state index contributed by atoms with van der Waals surface area (Å²) in [7, 11) is 3.45. The van der Waals surface area contributed by atoms with Gasteiger partial charge >= 0.3 is 0 Å². The van der Waals surface area contributed by atoms with Gasteiger partial charge in [0.05, 0.1) is 12.1 Å². The minimum absolute atomic E-state index is 0.439. The van der Waals surface area contributed by atoms with Gasteiger partial charge in [0.1, 0.15) is 6.61 Å². The van der Waals surface area contributed by atoms with Crippen molar-refractivity contribution in [1.82, 2.24) is 25.5 Å². The van der Waals surface area contributed by atoms with Gasteiger partial charge in [-0.15, -0.1) is 5.10 Å². The van der Waals surface area contributed by atoms with E-state index in [4.69, 9.17) is 21.1 Å². The van der Waals surface area contributed by atoms with Crippen LogP contribution in [-0.4, -0.2) is 39.6 Å². The molecule has 1 heterocycles. The summed E-state index contributed by atoms with van der Waals surface area (Å²) in [5.74, 6) is 2.05. The molecule has 9 heteroatoms. The number of halogens is 1. The van der Waals surface area contributed by atoms with Gasteiger partial charge in [0.25, 0.3) is 0 Å². The zero-order valence-corrected chi connectivity index (χ0v) is 18.3. The van der Waals surface area contributed by atoms with E-state index >= 15 is 0 Å². The number of hydrogen-bond acceptors (Lipinski definition) is 7. The molecule has 0 aliphatic carbocycles. The molecule has 0 spiro atoms. The number of hydrogen-bond donors (Lipinski definition) is 1. The maximum Gasteiger partial charge on any atom is 0.209 e. The van der Waals surface area contributed by atoms with Crippen LogP contribution in [0, 0.1) is 6.92 Å². The number of aryl methyl sites for hydroxylation is 2. The van der Waals surface area contributed by atoms with Gasteiger partial charge in [0.15, 0.2) is 11.5 Å². The van der Waals surface area contributed by atoms with Crippen LogP contribution in [0.5, 0.6) is 11.5 Å². The van der Waals surface area contributed by atoms with Crippen molar-refractivity contribution in [2.45, 2.75) is 25.2 Å². The van der Waals surface area contributed by atoms with E-state index in [2.05, 4.69) is 33.8 Å². The van der Waals surface area contributed by atoms with E-state index in [0.29, 0.717) is 29.7 Å². The topological polar surface area (TPSA) is 74.1 Å². The maximum absolute atomic E-state index is 6.48. The molecule has 3 rings (SSSR count). The number of methoxy groups -OCH3 is 1. The molecule has 0 aliphatic rings. The third kappa shape index (κ3) is 5.85. The lowest BCUT2D eigenvalue weighted by Crippen LogP contribution is -2.17. The molecule has 0 atom stereocenters. The molecule has 0 fully saturated rings. The molecule has 0 amide bonds. The second kappa shape index (κ2) is 10.5. The second-order valence-electron chi connectivity index (χ2n) is 6.43. The third-order valence-corrected chi connectivity index (χ3v) is 5.64. The number of aromatic nitrogens is 4. The largest absolute Gasteiger partial charge is 0.493 e. The number of ether oxygens (including phenoxy) is 2. The summed E-state index contributed by atoms with van der Waals surface area (Å²) in [6.45, 7) is 3.98. The van der Waals surface area contributed by atoms with Crippen LogP contribution < -0.4 is 14.8 Å². The highest BCUT2D eigenvalue weighted by molar-refractivity contribution is 7.99. The van der Waals surface area contributed by atoms with Crippen molar-refractivity contribution in [2.75, 3.05) is 19.4 Å². The normalized spacial score (nSPS) is 10.9. The predicted octanol–water partition coefficient (Wildman–Crippen LogP) is 3.64. The monoisotopic (exact) mass is 433 g/mol. The number of nitrogens with zero attached hydrogens (tertiary/aromatic N) is 4. The first-order valence-electron chi connectivity index (χ1n) is 9.18. The molecule has 0 saturated carbocycles. The third-order valence-electron chi connectivity index (χ3n) is 4.34. The van der Waals surface area contributed by atoms with Gasteiger partial charge < -0.3 is 14.8 Å². The quantitative estimate of drug-likeness (QED) is 0.386. The van der Waals surface area contributed by atoms with Gasteiger partial charge in [-0.05, 0) is 46.2 Å². The summed E-state index contributed by atoms with van der Waals surface area (Å²) in [4.78, 5) is 0. The van der Waals surface area contributed by atoms with E-state index in [0.717, 1.165) is 28.6 Å². The number of nitrogens with one attached hydrogen (secondary N) is 1. The average molecular weight is 434 g/mol. The minimum Gasteiger partial charge on any atom is -0.493 e. The van der Waals surface area contributed by atoms with Crippen LogP contribution in [0.25, 0.3) is 0 Å². The Morgan fingerprint density at radius 3 is 2.79 bits per heavy atom. The molecule has 7 nitrogen and oxygen atoms in total. The van der Waals surface area contributed by atoms with E-state index < -0.39 is 0 Å². The number of rotatable bonds is 10. The van der Waals surface area contributed by atoms with Crippen LogP contribution in [0.4, 0.5) is 0 Å². The summed E-state index contributed by atoms with van der Waals surface area (Å²) in [6, 6.07) is 12.0. The van der Waals surface area contributed by atoms with Crippen LogP contribution in [0.2, 0.25) is 5.02 Å². The molecule has 0 bridgehead atoms. The van der Waals surface area contributed by atoms with Crippen LogP contribution in [-0.2, 0) is 20.2 Å². The zero-order valence-electron chi connectivity index (χ0n) is 16.7. The van der Waals surface area contributed by atoms with Crippen molar-refractivity contribution in [3.8, 4) is 11.5 Å². The molecular formula is C20H24ClN5O2S. The lowest BCUT2D eigenvalue weighted by Gasteiger charge is -2.15. The van der Waals surface area contributed by atoms with Gasteiger partial charge in [-0.2, -0.15) is 0 Å². The summed E-state index contributed by atoms with van der Waals surface area (Å²) in [5.41, 5.74) is 3.32. The van der Waals surface area contributed by atoms with E-state index in [1.165, 1.54) is 5.56 Å². The number of thioether (sulfide) groups is 1. The lowest BCUT2D eigenvalue weighted by molar-refractivity contribution is 0.284. The Kier molecular flexibility index (Phi) is 7.74. The highest BCUT2D eigenvalue weighted by Crippen LogP contribution is 2.37. The molecular weight excluding hydrogens is 410 g/mol. The predicted molar refractivity (Wildman–Crippen MR) is 115 cm³/mol. The molecule has 29 heavy (non-hydrogen) atoms. The van der Waals surface area contributed by atoms with E-state index in [-0.39, 0.29) is 0 Å². The number of benzene rings is 2.